The van der Waals surface area contributed by atoms with Gasteiger partial charge in [0.25, 0.3) is 0 Å². The highest BCUT2D eigenvalue weighted by atomic mass is 16.2. The summed E-state index contributed by atoms with van der Waals surface area (Å²) in [6, 6.07) is -0.256. The van der Waals surface area contributed by atoms with E-state index in [9.17, 15) is 9.59 Å². The summed E-state index contributed by atoms with van der Waals surface area (Å²) < 4.78 is 0. The van der Waals surface area contributed by atoms with Gasteiger partial charge in [0.2, 0.25) is 11.8 Å². The van der Waals surface area contributed by atoms with E-state index >= 15 is 0 Å². The molecule has 110 valence electrons. The molecule has 1 aliphatic carbocycles. The van der Waals surface area contributed by atoms with Gasteiger partial charge in [0.05, 0.1) is 12.6 Å². The number of hydrogen-bond donors (Lipinski definition) is 3. The Hall–Kier alpha value is -1.10. The first-order valence-corrected chi connectivity index (χ1v) is 7.37. The van der Waals surface area contributed by atoms with Crippen LogP contribution in [0.5, 0.6) is 0 Å². The third-order valence-corrected chi connectivity index (χ3v) is 3.95. The van der Waals surface area contributed by atoms with Gasteiger partial charge in [-0.15, -0.1) is 0 Å². The predicted octanol–water partition coefficient (Wildman–Crippen LogP) is 0.925. The smallest absolute Gasteiger partial charge is 0.239 e. The highest BCUT2D eigenvalue weighted by Crippen LogP contribution is 2.17. The largest absolute Gasteiger partial charge is 0.352 e. The Bertz CT molecular complexity index is 301. The van der Waals surface area contributed by atoms with Crippen molar-refractivity contribution in [2.45, 2.75) is 64.5 Å². The number of carbonyl (C=O) groups excluding carboxylic acids is 2. The second kappa shape index (κ2) is 8.15. The van der Waals surface area contributed by atoms with Crippen molar-refractivity contribution in [3.05, 3.63) is 0 Å². The fourth-order valence-electron chi connectivity index (χ4n) is 2.32. The molecule has 0 radical (unpaired) electrons. The van der Waals surface area contributed by atoms with Gasteiger partial charge in [-0.05, 0) is 18.8 Å². The highest BCUT2D eigenvalue weighted by molar-refractivity contribution is 5.87. The lowest BCUT2D eigenvalue weighted by atomic mass is 9.95. The Morgan fingerprint density at radius 2 is 1.89 bits per heavy atom. The summed E-state index contributed by atoms with van der Waals surface area (Å²) in [5.74, 6) is -0.230. The molecule has 2 amide bonds. The average Bonchev–Trinajstić information content (AvgIpc) is 2.44. The number of carbonyl (C=O) groups is 2. The minimum absolute atomic E-state index is 0.0272. The molecule has 0 heterocycles. The van der Waals surface area contributed by atoms with E-state index in [0.717, 1.165) is 19.3 Å². The molecule has 2 unspecified atom stereocenters. The lowest BCUT2D eigenvalue weighted by Crippen LogP contribution is -2.49. The van der Waals surface area contributed by atoms with E-state index in [-0.39, 0.29) is 30.3 Å². The summed E-state index contributed by atoms with van der Waals surface area (Å²) >= 11 is 0. The van der Waals surface area contributed by atoms with Gasteiger partial charge >= 0.3 is 0 Å². The molecule has 0 spiro atoms. The molecular weight excluding hydrogens is 242 g/mol. The average molecular weight is 269 g/mol. The number of hydrogen-bond acceptors (Lipinski definition) is 3. The monoisotopic (exact) mass is 269 g/mol. The van der Waals surface area contributed by atoms with Crippen LogP contribution in [0.2, 0.25) is 0 Å². The topological polar surface area (TPSA) is 84.2 Å². The molecule has 0 saturated heterocycles. The fraction of sp³-hybridized carbons (Fsp3) is 0.857. The van der Waals surface area contributed by atoms with Crippen molar-refractivity contribution in [1.29, 1.82) is 0 Å². The van der Waals surface area contributed by atoms with Crippen LogP contribution in [-0.2, 0) is 9.59 Å². The summed E-state index contributed by atoms with van der Waals surface area (Å²) in [5.41, 5.74) is 5.80. The first-order chi connectivity index (χ1) is 9.04. The predicted molar refractivity (Wildman–Crippen MR) is 75.5 cm³/mol. The second-order valence-electron chi connectivity index (χ2n) is 5.53. The van der Waals surface area contributed by atoms with Crippen molar-refractivity contribution in [3.63, 3.8) is 0 Å². The minimum Gasteiger partial charge on any atom is -0.352 e. The van der Waals surface area contributed by atoms with Gasteiger partial charge in [-0.2, -0.15) is 0 Å². The third kappa shape index (κ3) is 5.59. The van der Waals surface area contributed by atoms with E-state index in [2.05, 4.69) is 10.6 Å². The zero-order valence-electron chi connectivity index (χ0n) is 12.1. The molecule has 2 atom stereocenters. The van der Waals surface area contributed by atoms with Gasteiger partial charge in [-0.25, -0.2) is 0 Å². The van der Waals surface area contributed by atoms with Gasteiger partial charge in [-0.3, -0.25) is 9.59 Å². The zero-order valence-corrected chi connectivity index (χ0v) is 12.1. The fourth-order valence-corrected chi connectivity index (χ4v) is 2.32. The zero-order chi connectivity index (χ0) is 14.3. The van der Waals surface area contributed by atoms with Gasteiger partial charge in [0, 0.05) is 6.04 Å². The Labute approximate surface area is 115 Å². The summed E-state index contributed by atoms with van der Waals surface area (Å²) in [5, 5.41) is 5.57. The van der Waals surface area contributed by atoms with E-state index < -0.39 is 6.04 Å². The molecule has 1 rings (SSSR count). The Balaban J connectivity index is 2.23. The molecule has 0 bridgehead atoms. The number of rotatable bonds is 6. The molecule has 0 aliphatic heterocycles. The van der Waals surface area contributed by atoms with Crippen LogP contribution in [0.1, 0.15) is 52.4 Å². The van der Waals surface area contributed by atoms with E-state index in [0.29, 0.717) is 0 Å². The number of nitrogens with one attached hydrogen (secondary N) is 2. The standard InChI is InChI=1S/C14H27N3O2/c1-3-10(2)13(15)14(19)16-9-12(18)17-11-7-5-4-6-8-11/h10-11,13H,3-9,15H2,1-2H3,(H,16,19)(H,17,18). The maximum Gasteiger partial charge on any atom is 0.239 e. The first-order valence-electron chi connectivity index (χ1n) is 7.37. The summed E-state index contributed by atoms with van der Waals surface area (Å²) in [6.07, 6.45) is 6.56. The third-order valence-electron chi connectivity index (χ3n) is 3.95. The van der Waals surface area contributed by atoms with Crippen LogP contribution >= 0.6 is 0 Å². The molecule has 0 aromatic rings. The first kappa shape index (κ1) is 16.0. The maximum absolute atomic E-state index is 11.7. The van der Waals surface area contributed by atoms with Gasteiger partial charge in [0.1, 0.15) is 0 Å². The summed E-state index contributed by atoms with van der Waals surface area (Å²) in [4.78, 5) is 23.4. The van der Waals surface area contributed by atoms with Crippen LogP contribution in [0.15, 0.2) is 0 Å². The lowest BCUT2D eigenvalue weighted by molar-refractivity contribution is -0.127. The van der Waals surface area contributed by atoms with Crippen molar-refractivity contribution < 1.29 is 9.59 Å². The molecular formula is C14H27N3O2. The van der Waals surface area contributed by atoms with Crippen LogP contribution in [0.4, 0.5) is 0 Å². The molecule has 1 aliphatic rings. The number of amides is 2. The van der Waals surface area contributed by atoms with Crippen LogP contribution in [0, 0.1) is 5.92 Å². The SMILES string of the molecule is CCC(C)C(N)C(=O)NCC(=O)NC1CCCCC1. The molecule has 4 N–H and O–H groups in total. The van der Waals surface area contributed by atoms with E-state index in [4.69, 9.17) is 5.73 Å². The van der Waals surface area contributed by atoms with Crippen molar-refractivity contribution in [2.75, 3.05) is 6.54 Å². The molecule has 5 nitrogen and oxygen atoms in total. The van der Waals surface area contributed by atoms with Crippen molar-refractivity contribution >= 4 is 11.8 Å². The number of nitrogens with two attached hydrogens (primary N) is 1. The van der Waals surface area contributed by atoms with E-state index in [1.165, 1.54) is 19.3 Å². The molecule has 1 fully saturated rings. The van der Waals surface area contributed by atoms with E-state index in [1.54, 1.807) is 0 Å². The second-order valence-corrected chi connectivity index (χ2v) is 5.53. The van der Waals surface area contributed by atoms with Crippen LogP contribution in [-0.4, -0.2) is 30.4 Å². The van der Waals surface area contributed by atoms with Crippen LogP contribution in [0.3, 0.4) is 0 Å². The minimum atomic E-state index is -0.535. The van der Waals surface area contributed by atoms with Crippen molar-refractivity contribution in [2.24, 2.45) is 11.7 Å². The summed E-state index contributed by atoms with van der Waals surface area (Å²) in [7, 11) is 0. The Morgan fingerprint density at radius 3 is 2.47 bits per heavy atom. The van der Waals surface area contributed by atoms with Gasteiger partial charge < -0.3 is 16.4 Å². The molecule has 5 heteroatoms. The lowest BCUT2D eigenvalue weighted by Gasteiger charge is -2.23. The highest BCUT2D eigenvalue weighted by Gasteiger charge is 2.20. The molecule has 1 saturated carbocycles. The summed E-state index contributed by atoms with van der Waals surface area (Å²) in [6.45, 7) is 3.96. The van der Waals surface area contributed by atoms with Crippen molar-refractivity contribution in [3.8, 4) is 0 Å². The Morgan fingerprint density at radius 1 is 1.26 bits per heavy atom. The molecule has 0 aromatic heterocycles. The van der Waals surface area contributed by atoms with Crippen molar-refractivity contribution in [1.82, 2.24) is 10.6 Å². The Kier molecular flexibility index (Phi) is 6.84. The van der Waals surface area contributed by atoms with Crippen LogP contribution < -0.4 is 16.4 Å². The van der Waals surface area contributed by atoms with Gasteiger partial charge in [-0.1, -0.05) is 39.5 Å². The van der Waals surface area contributed by atoms with E-state index in [1.807, 2.05) is 13.8 Å². The quantitative estimate of drug-likeness (QED) is 0.670. The molecule has 19 heavy (non-hydrogen) atoms. The van der Waals surface area contributed by atoms with Crippen LogP contribution in [0.25, 0.3) is 0 Å². The van der Waals surface area contributed by atoms with Gasteiger partial charge in [0.15, 0.2) is 0 Å². The molecule has 0 aromatic carbocycles. The normalized spacial score (nSPS) is 19.5. The maximum atomic E-state index is 11.7.